The van der Waals surface area contributed by atoms with Crippen LogP contribution in [0.15, 0.2) is 54.6 Å². The average molecular weight is 632 g/mol. The minimum atomic E-state index is -0.522. The summed E-state index contributed by atoms with van der Waals surface area (Å²) in [5, 5.41) is 11.3. The van der Waals surface area contributed by atoms with Crippen LogP contribution in [0.5, 0.6) is 23.0 Å². The van der Waals surface area contributed by atoms with Crippen LogP contribution in [0.1, 0.15) is 39.9 Å². The summed E-state index contributed by atoms with van der Waals surface area (Å²) < 4.78 is 28.6. The molecule has 3 aromatic rings. The zero-order valence-electron chi connectivity index (χ0n) is 26.4. The number of hydrogen-bond acceptors (Lipinski definition) is 9. The molecule has 5 rings (SSSR count). The fraction of sp³-hybridized carbons (Fsp3) is 0.371. The molecule has 45 heavy (non-hydrogen) atoms. The van der Waals surface area contributed by atoms with Crippen LogP contribution in [-0.4, -0.2) is 77.0 Å². The SMILES string of the molecule is COc1cc2c(cc1OC)[C@@H](N(C)C)[C@@H]1Cc3cc(OC)c(OC)cc3[C@H](COC(=O)/C=C/c3ccc(Cl)cc3)N1[C@H](C#N)C2. The highest BCUT2D eigenvalue weighted by atomic mass is 35.5. The molecule has 0 fully saturated rings. The van der Waals surface area contributed by atoms with Crippen molar-refractivity contribution < 1.29 is 28.5 Å². The van der Waals surface area contributed by atoms with E-state index in [1.165, 1.54) is 6.08 Å². The van der Waals surface area contributed by atoms with Crippen LogP contribution in [0, 0.1) is 11.3 Å². The van der Waals surface area contributed by atoms with E-state index in [9.17, 15) is 10.1 Å². The van der Waals surface area contributed by atoms with Gasteiger partial charge in [0.15, 0.2) is 23.0 Å². The van der Waals surface area contributed by atoms with Gasteiger partial charge in [0, 0.05) is 23.6 Å². The lowest BCUT2D eigenvalue weighted by atomic mass is 9.82. The third-order valence-corrected chi connectivity index (χ3v) is 8.90. The summed E-state index contributed by atoms with van der Waals surface area (Å²) in [6, 6.07) is 16.5. The van der Waals surface area contributed by atoms with E-state index in [1.807, 2.05) is 50.5 Å². The Bertz CT molecular complexity index is 1620. The highest BCUT2D eigenvalue weighted by Gasteiger charge is 2.47. The minimum absolute atomic E-state index is 0.0318. The average Bonchev–Trinajstić information content (AvgIpc) is 3.18. The van der Waals surface area contributed by atoms with E-state index in [0.717, 1.165) is 27.8 Å². The Morgan fingerprint density at radius 2 is 1.47 bits per heavy atom. The fourth-order valence-corrected chi connectivity index (χ4v) is 6.76. The van der Waals surface area contributed by atoms with E-state index in [1.54, 1.807) is 46.6 Å². The van der Waals surface area contributed by atoms with Crippen molar-refractivity contribution in [1.29, 1.82) is 5.26 Å². The molecule has 2 aliphatic heterocycles. The van der Waals surface area contributed by atoms with E-state index in [-0.39, 0.29) is 18.7 Å². The predicted molar refractivity (Wildman–Crippen MR) is 172 cm³/mol. The van der Waals surface area contributed by atoms with Crippen LogP contribution >= 0.6 is 11.6 Å². The molecule has 10 heteroatoms. The number of halogens is 1. The summed E-state index contributed by atoms with van der Waals surface area (Å²) in [4.78, 5) is 17.4. The Morgan fingerprint density at radius 3 is 2.02 bits per heavy atom. The number of nitrogens with zero attached hydrogens (tertiary/aromatic N) is 3. The molecule has 0 N–H and O–H groups in total. The molecule has 2 aliphatic rings. The Hall–Kier alpha value is -4.23. The number of hydrogen-bond donors (Lipinski definition) is 0. The maximum absolute atomic E-state index is 13.0. The number of fused-ring (bicyclic) bond motifs is 3. The summed E-state index contributed by atoms with van der Waals surface area (Å²) in [6.45, 7) is 0.0318. The molecule has 0 aliphatic carbocycles. The predicted octanol–water partition coefficient (Wildman–Crippen LogP) is 5.65. The van der Waals surface area contributed by atoms with Gasteiger partial charge in [0.05, 0.1) is 46.6 Å². The normalized spacial score (nSPS) is 20.8. The minimum Gasteiger partial charge on any atom is -0.493 e. The second-order valence-corrected chi connectivity index (χ2v) is 11.8. The molecule has 0 spiro atoms. The van der Waals surface area contributed by atoms with Crippen LogP contribution in [0.25, 0.3) is 6.08 Å². The Labute approximate surface area is 269 Å². The molecule has 0 saturated carbocycles. The van der Waals surface area contributed by atoms with Gasteiger partial charge in [0.2, 0.25) is 0 Å². The third kappa shape index (κ3) is 6.45. The van der Waals surface area contributed by atoms with Crippen molar-refractivity contribution >= 4 is 23.6 Å². The summed E-state index contributed by atoms with van der Waals surface area (Å²) in [5.41, 5.74) is 4.87. The van der Waals surface area contributed by atoms with E-state index in [0.29, 0.717) is 40.9 Å². The number of ether oxygens (including phenoxy) is 5. The molecule has 4 atom stereocenters. The Balaban J connectivity index is 1.59. The summed E-state index contributed by atoms with van der Waals surface area (Å²) >= 11 is 6.00. The summed E-state index contributed by atoms with van der Waals surface area (Å²) in [5.74, 6) is 1.94. The summed E-state index contributed by atoms with van der Waals surface area (Å²) in [7, 11) is 10.5. The first-order valence-electron chi connectivity index (χ1n) is 14.7. The van der Waals surface area contributed by atoms with Crippen LogP contribution in [0.3, 0.4) is 0 Å². The lowest BCUT2D eigenvalue weighted by molar-refractivity contribution is -0.140. The van der Waals surface area contributed by atoms with Crippen molar-refractivity contribution in [2.24, 2.45) is 0 Å². The molecule has 3 aromatic carbocycles. The van der Waals surface area contributed by atoms with E-state index in [2.05, 4.69) is 15.9 Å². The Kier molecular flexibility index (Phi) is 9.88. The molecule has 0 saturated heterocycles. The maximum atomic E-state index is 13.0. The summed E-state index contributed by atoms with van der Waals surface area (Å²) in [6.07, 6.45) is 4.18. The van der Waals surface area contributed by atoms with Crippen molar-refractivity contribution in [3.05, 3.63) is 87.4 Å². The van der Waals surface area contributed by atoms with Gasteiger partial charge >= 0.3 is 5.97 Å². The monoisotopic (exact) mass is 631 g/mol. The third-order valence-electron chi connectivity index (χ3n) is 8.65. The van der Waals surface area contributed by atoms with Gasteiger partial charge in [0.25, 0.3) is 0 Å². The molecule has 0 bridgehead atoms. The quantitative estimate of drug-likeness (QED) is 0.219. The van der Waals surface area contributed by atoms with Crippen LogP contribution < -0.4 is 18.9 Å². The zero-order chi connectivity index (χ0) is 32.2. The zero-order valence-corrected chi connectivity index (χ0v) is 27.1. The van der Waals surface area contributed by atoms with Crippen molar-refractivity contribution in [3.8, 4) is 29.1 Å². The van der Waals surface area contributed by atoms with Gasteiger partial charge in [-0.3, -0.25) is 4.90 Å². The number of benzene rings is 3. The molecule has 2 heterocycles. The number of likely N-dealkylation sites (N-methyl/N-ethyl adjacent to an activating group) is 1. The molecule has 236 valence electrons. The second kappa shape index (κ2) is 13.8. The highest BCUT2D eigenvalue weighted by Crippen LogP contribution is 2.48. The highest BCUT2D eigenvalue weighted by molar-refractivity contribution is 6.30. The molecular weight excluding hydrogens is 594 g/mol. The topological polar surface area (TPSA) is 93.5 Å². The first-order chi connectivity index (χ1) is 21.7. The number of nitriles is 1. The molecule has 0 amide bonds. The second-order valence-electron chi connectivity index (χ2n) is 11.3. The van der Waals surface area contributed by atoms with Crippen LogP contribution in [-0.2, 0) is 22.4 Å². The number of carbonyl (C=O) groups excluding carboxylic acids is 1. The standard InChI is InChI=1S/C35H38ClN3O6/c1-38(2)35-27-18-33(44-6)30(41-3)15-22(27)13-25(19-37)39-28(35)14-23-16-31(42-4)32(43-5)17-26(23)29(39)20-45-34(40)12-9-21-7-10-24(36)11-8-21/h7-12,15-18,25,28-29,35H,13-14,20H2,1-6H3/b12-9+/t25-,28-,29-,35+/m0/s1. The number of esters is 1. The number of methoxy groups -OCH3 is 4. The number of carbonyl (C=O) groups is 1. The van der Waals surface area contributed by atoms with Gasteiger partial charge in [0.1, 0.15) is 12.6 Å². The van der Waals surface area contributed by atoms with E-state index in [4.69, 9.17) is 35.3 Å². The van der Waals surface area contributed by atoms with E-state index >= 15 is 0 Å². The van der Waals surface area contributed by atoms with Gasteiger partial charge in [-0.25, -0.2) is 4.79 Å². The first kappa shape index (κ1) is 32.2. The molecular formula is C35H38ClN3O6. The van der Waals surface area contributed by atoms with Crippen molar-refractivity contribution in [2.45, 2.75) is 37.0 Å². The fourth-order valence-electron chi connectivity index (χ4n) is 6.64. The van der Waals surface area contributed by atoms with Crippen LogP contribution in [0.2, 0.25) is 5.02 Å². The molecule has 9 nitrogen and oxygen atoms in total. The maximum Gasteiger partial charge on any atom is 0.330 e. The lowest BCUT2D eigenvalue weighted by Crippen LogP contribution is -2.54. The lowest BCUT2D eigenvalue weighted by Gasteiger charge is -2.48. The van der Waals surface area contributed by atoms with Crippen molar-refractivity contribution in [2.75, 3.05) is 49.1 Å². The largest absolute Gasteiger partial charge is 0.493 e. The smallest absolute Gasteiger partial charge is 0.330 e. The van der Waals surface area contributed by atoms with Crippen molar-refractivity contribution in [3.63, 3.8) is 0 Å². The molecule has 0 unspecified atom stereocenters. The molecule has 0 radical (unpaired) electrons. The van der Waals surface area contributed by atoms with E-state index < -0.39 is 18.1 Å². The molecule has 0 aromatic heterocycles. The first-order valence-corrected chi connectivity index (χ1v) is 15.0. The van der Waals surface area contributed by atoms with Crippen molar-refractivity contribution in [1.82, 2.24) is 9.80 Å². The number of rotatable bonds is 9. The van der Waals surface area contributed by atoms with Gasteiger partial charge in [-0.15, -0.1) is 0 Å². The van der Waals surface area contributed by atoms with Gasteiger partial charge in [-0.2, -0.15) is 5.26 Å². The van der Waals surface area contributed by atoms with Gasteiger partial charge < -0.3 is 28.6 Å². The van der Waals surface area contributed by atoms with Crippen LogP contribution in [0.4, 0.5) is 0 Å². The van der Waals surface area contributed by atoms with Gasteiger partial charge in [-0.1, -0.05) is 23.7 Å². The van der Waals surface area contributed by atoms with Gasteiger partial charge in [-0.05, 0) is 90.8 Å². The Morgan fingerprint density at radius 1 is 0.911 bits per heavy atom.